The van der Waals surface area contributed by atoms with Crippen LogP contribution >= 0.6 is 22.9 Å². The number of halogens is 1. The molecule has 5 heteroatoms. The van der Waals surface area contributed by atoms with Gasteiger partial charge in [-0.3, -0.25) is 4.90 Å². The molecule has 1 fully saturated rings. The van der Waals surface area contributed by atoms with E-state index in [0.717, 1.165) is 30.5 Å². The summed E-state index contributed by atoms with van der Waals surface area (Å²) in [7, 11) is 0. The fraction of sp³-hybridized carbons (Fsp3) is 0.636. The molecule has 2 heterocycles. The summed E-state index contributed by atoms with van der Waals surface area (Å²) in [6, 6.07) is 4.40. The highest BCUT2D eigenvalue weighted by Crippen LogP contribution is 2.28. The Kier molecular flexibility index (Phi) is 4.21. The van der Waals surface area contributed by atoms with Crippen LogP contribution in [-0.4, -0.2) is 37.1 Å². The number of hydrogen-bond acceptors (Lipinski definition) is 4. The minimum atomic E-state index is 0.0654. The second kappa shape index (κ2) is 5.47. The lowest BCUT2D eigenvalue weighted by Crippen LogP contribution is -2.50. The first kappa shape index (κ1) is 12.3. The third-order valence-corrected chi connectivity index (χ3v) is 4.50. The quantitative estimate of drug-likeness (QED) is 0.868. The van der Waals surface area contributed by atoms with E-state index < -0.39 is 0 Å². The van der Waals surface area contributed by atoms with Gasteiger partial charge in [0, 0.05) is 37.1 Å². The molecule has 0 saturated carbocycles. The minimum absolute atomic E-state index is 0.0654. The molecule has 2 rings (SSSR count). The number of nitrogens with one attached hydrogen (secondary N) is 1. The molecule has 2 atom stereocenters. The summed E-state index contributed by atoms with van der Waals surface area (Å²) in [4.78, 5) is 3.62. The first-order chi connectivity index (χ1) is 7.68. The van der Waals surface area contributed by atoms with E-state index in [9.17, 15) is 0 Å². The van der Waals surface area contributed by atoms with Crippen molar-refractivity contribution in [2.24, 2.45) is 5.73 Å². The van der Waals surface area contributed by atoms with Crippen LogP contribution in [0.25, 0.3) is 0 Å². The summed E-state index contributed by atoms with van der Waals surface area (Å²) < 4.78 is 0.818. The molecule has 0 spiro atoms. The predicted octanol–water partition coefficient (Wildman–Crippen LogP) is 1.70. The summed E-state index contributed by atoms with van der Waals surface area (Å²) in [5, 5.41) is 3.35. The van der Waals surface area contributed by atoms with E-state index in [-0.39, 0.29) is 6.04 Å². The van der Waals surface area contributed by atoms with E-state index in [1.807, 2.05) is 12.1 Å². The highest BCUT2D eigenvalue weighted by molar-refractivity contribution is 7.16. The van der Waals surface area contributed by atoms with Gasteiger partial charge in [-0.05, 0) is 19.1 Å². The van der Waals surface area contributed by atoms with E-state index in [1.165, 1.54) is 4.88 Å². The Morgan fingerprint density at radius 3 is 2.69 bits per heavy atom. The first-order valence-electron chi connectivity index (χ1n) is 5.64. The maximum atomic E-state index is 6.27. The molecule has 2 unspecified atom stereocenters. The zero-order valence-electron chi connectivity index (χ0n) is 9.45. The van der Waals surface area contributed by atoms with Gasteiger partial charge in [-0.15, -0.1) is 11.3 Å². The van der Waals surface area contributed by atoms with Crippen LogP contribution < -0.4 is 11.1 Å². The van der Waals surface area contributed by atoms with Gasteiger partial charge in [0.15, 0.2) is 0 Å². The number of nitrogens with zero attached hydrogens (tertiary/aromatic N) is 1. The molecule has 1 aromatic heterocycles. The van der Waals surface area contributed by atoms with Crippen molar-refractivity contribution in [3.8, 4) is 0 Å². The lowest BCUT2D eigenvalue weighted by atomic mass is 10.1. The van der Waals surface area contributed by atoms with Crippen molar-refractivity contribution >= 4 is 22.9 Å². The molecule has 1 saturated heterocycles. The van der Waals surface area contributed by atoms with E-state index in [2.05, 4.69) is 17.1 Å². The number of rotatable bonds is 3. The minimum Gasteiger partial charge on any atom is -0.322 e. The van der Waals surface area contributed by atoms with Gasteiger partial charge in [0.05, 0.1) is 10.4 Å². The normalized spacial score (nSPS) is 21.9. The predicted molar refractivity (Wildman–Crippen MR) is 70.2 cm³/mol. The molecule has 3 nitrogen and oxygen atoms in total. The zero-order chi connectivity index (χ0) is 11.5. The first-order valence-corrected chi connectivity index (χ1v) is 6.83. The largest absolute Gasteiger partial charge is 0.322 e. The van der Waals surface area contributed by atoms with Crippen molar-refractivity contribution in [3.63, 3.8) is 0 Å². The second-order valence-electron chi connectivity index (χ2n) is 4.19. The van der Waals surface area contributed by atoms with Gasteiger partial charge in [-0.2, -0.15) is 0 Å². The molecule has 1 aromatic rings. The third kappa shape index (κ3) is 2.76. The van der Waals surface area contributed by atoms with Crippen LogP contribution in [0, 0.1) is 0 Å². The van der Waals surface area contributed by atoms with Crippen LogP contribution in [0.3, 0.4) is 0 Å². The van der Waals surface area contributed by atoms with Gasteiger partial charge >= 0.3 is 0 Å². The lowest BCUT2D eigenvalue weighted by Gasteiger charge is -2.35. The number of nitrogens with two attached hydrogens (primary N) is 1. The standard InChI is InChI=1S/C11H18ClN3S/c1-8(15-6-4-14-5-7-15)11(13)9-2-3-10(12)16-9/h2-3,8,11,14H,4-7,13H2,1H3. The Bertz CT molecular complexity index is 336. The van der Waals surface area contributed by atoms with Crippen molar-refractivity contribution in [1.82, 2.24) is 10.2 Å². The van der Waals surface area contributed by atoms with Crippen LogP contribution in [0.4, 0.5) is 0 Å². The molecular weight excluding hydrogens is 242 g/mol. The molecular formula is C11H18ClN3S. The Morgan fingerprint density at radius 2 is 2.12 bits per heavy atom. The molecule has 1 aliphatic rings. The Hall–Kier alpha value is -0.130. The summed E-state index contributed by atoms with van der Waals surface area (Å²) in [6.07, 6.45) is 0. The van der Waals surface area contributed by atoms with Crippen LogP contribution in [0.2, 0.25) is 4.34 Å². The van der Waals surface area contributed by atoms with Crippen LogP contribution in [0.1, 0.15) is 17.8 Å². The summed E-state index contributed by atoms with van der Waals surface area (Å²) in [6.45, 7) is 6.47. The summed E-state index contributed by atoms with van der Waals surface area (Å²) in [5.74, 6) is 0. The van der Waals surface area contributed by atoms with Gasteiger partial charge in [0.1, 0.15) is 0 Å². The van der Waals surface area contributed by atoms with Crippen LogP contribution in [0.5, 0.6) is 0 Å². The van der Waals surface area contributed by atoms with Crippen LogP contribution in [-0.2, 0) is 0 Å². The monoisotopic (exact) mass is 259 g/mol. The molecule has 0 radical (unpaired) electrons. The van der Waals surface area contributed by atoms with Crippen molar-refractivity contribution < 1.29 is 0 Å². The van der Waals surface area contributed by atoms with Crippen molar-refractivity contribution in [2.45, 2.75) is 19.0 Å². The second-order valence-corrected chi connectivity index (χ2v) is 5.94. The molecule has 0 bridgehead atoms. The smallest absolute Gasteiger partial charge is 0.0931 e. The van der Waals surface area contributed by atoms with E-state index in [0.29, 0.717) is 6.04 Å². The Morgan fingerprint density at radius 1 is 1.44 bits per heavy atom. The number of thiophene rings is 1. The fourth-order valence-electron chi connectivity index (χ4n) is 2.06. The molecule has 1 aliphatic heterocycles. The summed E-state index contributed by atoms with van der Waals surface area (Å²) in [5.41, 5.74) is 6.27. The fourth-order valence-corrected chi connectivity index (χ4v) is 3.22. The average molecular weight is 260 g/mol. The third-order valence-electron chi connectivity index (χ3n) is 3.17. The molecule has 0 amide bonds. The Balaban J connectivity index is 2.00. The zero-order valence-corrected chi connectivity index (χ0v) is 11.0. The highest BCUT2D eigenvalue weighted by Gasteiger charge is 2.23. The van der Waals surface area contributed by atoms with Gasteiger partial charge in [0.2, 0.25) is 0 Å². The van der Waals surface area contributed by atoms with Crippen molar-refractivity contribution in [3.05, 3.63) is 21.3 Å². The maximum Gasteiger partial charge on any atom is 0.0931 e. The van der Waals surface area contributed by atoms with Crippen LogP contribution in [0.15, 0.2) is 12.1 Å². The van der Waals surface area contributed by atoms with Crippen molar-refractivity contribution in [2.75, 3.05) is 26.2 Å². The molecule has 90 valence electrons. The highest BCUT2D eigenvalue weighted by atomic mass is 35.5. The number of piperazine rings is 1. The Labute approximate surface area is 106 Å². The molecule has 3 N–H and O–H groups in total. The molecule has 0 aliphatic carbocycles. The topological polar surface area (TPSA) is 41.3 Å². The SMILES string of the molecule is CC(C(N)c1ccc(Cl)s1)N1CCNCC1. The van der Waals surface area contributed by atoms with E-state index in [1.54, 1.807) is 11.3 Å². The maximum absolute atomic E-state index is 6.27. The summed E-state index contributed by atoms with van der Waals surface area (Å²) >= 11 is 7.52. The van der Waals surface area contributed by atoms with Gasteiger partial charge in [-0.25, -0.2) is 0 Å². The lowest BCUT2D eigenvalue weighted by molar-refractivity contribution is 0.164. The van der Waals surface area contributed by atoms with Crippen molar-refractivity contribution in [1.29, 1.82) is 0 Å². The number of hydrogen-bond donors (Lipinski definition) is 2. The molecule has 16 heavy (non-hydrogen) atoms. The van der Waals surface area contributed by atoms with E-state index in [4.69, 9.17) is 17.3 Å². The van der Waals surface area contributed by atoms with Gasteiger partial charge in [0.25, 0.3) is 0 Å². The van der Waals surface area contributed by atoms with Gasteiger partial charge < -0.3 is 11.1 Å². The average Bonchev–Trinajstić information content (AvgIpc) is 2.75. The molecule has 0 aromatic carbocycles. The van der Waals surface area contributed by atoms with E-state index >= 15 is 0 Å². The van der Waals surface area contributed by atoms with Gasteiger partial charge in [-0.1, -0.05) is 11.6 Å².